The van der Waals surface area contributed by atoms with E-state index in [1.54, 1.807) is 0 Å². The van der Waals surface area contributed by atoms with Crippen molar-refractivity contribution in [3.63, 3.8) is 0 Å². The van der Waals surface area contributed by atoms with Crippen molar-refractivity contribution >= 4 is 11.7 Å². The molecule has 0 radical (unpaired) electrons. The second kappa shape index (κ2) is 2.82. The van der Waals surface area contributed by atoms with Crippen LogP contribution >= 0.6 is 0 Å². The summed E-state index contributed by atoms with van der Waals surface area (Å²) in [4.78, 5) is 22.8. The Hall–Kier alpha value is -0.860. The van der Waals surface area contributed by atoms with E-state index in [0.29, 0.717) is 18.6 Å². The van der Waals surface area contributed by atoms with Gasteiger partial charge in [0.1, 0.15) is 5.78 Å². The maximum absolute atomic E-state index is 11.6. The summed E-state index contributed by atoms with van der Waals surface area (Å²) in [5, 5.41) is 2.88. The van der Waals surface area contributed by atoms with Gasteiger partial charge in [0.15, 0.2) is 0 Å². The highest BCUT2D eigenvalue weighted by molar-refractivity contribution is 5.89. The number of amides is 1. The van der Waals surface area contributed by atoms with Gasteiger partial charge in [-0.05, 0) is 18.8 Å². The molecule has 72 valence electrons. The van der Waals surface area contributed by atoms with Crippen LogP contribution in [0.3, 0.4) is 0 Å². The first-order valence-corrected chi connectivity index (χ1v) is 4.95. The van der Waals surface area contributed by atoms with Crippen LogP contribution in [0.4, 0.5) is 0 Å². The Morgan fingerprint density at radius 3 is 2.69 bits per heavy atom. The van der Waals surface area contributed by atoms with Gasteiger partial charge in [0.05, 0.1) is 5.41 Å². The molecule has 1 heterocycles. The van der Waals surface area contributed by atoms with Crippen molar-refractivity contribution < 1.29 is 9.59 Å². The van der Waals surface area contributed by atoms with E-state index in [4.69, 9.17) is 0 Å². The van der Waals surface area contributed by atoms with E-state index in [0.717, 1.165) is 19.4 Å². The molecule has 0 aromatic heterocycles. The number of nitrogens with one attached hydrogen (secondary N) is 1. The zero-order valence-corrected chi connectivity index (χ0v) is 7.93. The van der Waals surface area contributed by atoms with Crippen LogP contribution in [-0.4, -0.2) is 18.2 Å². The lowest BCUT2D eigenvalue weighted by Crippen LogP contribution is -2.41. The highest BCUT2D eigenvalue weighted by atomic mass is 16.2. The summed E-state index contributed by atoms with van der Waals surface area (Å²) >= 11 is 0. The molecule has 2 aliphatic rings. The van der Waals surface area contributed by atoms with Gasteiger partial charge in [-0.2, -0.15) is 0 Å². The zero-order chi connectivity index (χ0) is 9.47. The Morgan fingerprint density at radius 1 is 1.38 bits per heavy atom. The second-order valence-electron chi connectivity index (χ2n) is 4.31. The molecule has 0 aromatic carbocycles. The molecular formula is C10H15NO2. The molecule has 3 nitrogen and oxygen atoms in total. The van der Waals surface area contributed by atoms with Gasteiger partial charge in [-0.15, -0.1) is 0 Å². The van der Waals surface area contributed by atoms with E-state index in [1.807, 2.05) is 6.92 Å². The summed E-state index contributed by atoms with van der Waals surface area (Å²) in [7, 11) is 0. The number of Topliss-reactive ketones (excluding diaryl/α,β-unsaturated/α-hetero) is 1. The van der Waals surface area contributed by atoms with Crippen LogP contribution in [0.2, 0.25) is 0 Å². The van der Waals surface area contributed by atoms with Gasteiger partial charge < -0.3 is 5.32 Å². The number of carbonyl (C=O) groups is 2. The average molecular weight is 181 g/mol. The topological polar surface area (TPSA) is 46.2 Å². The maximum atomic E-state index is 11.6. The van der Waals surface area contributed by atoms with Gasteiger partial charge in [-0.3, -0.25) is 9.59 Å². The summed E-state index contributed by atoms with van der Waals surface area (Å²) in [6, 6.07) is 0. The van der Waals surface area contributed by atoms with E-state index in [9.17, 15) is 9.59 Å². The van der Waals surface area contributed by atoms with Crippen molar-refractivity contribution in [1.82, 2.24) is 5.32 Å². The Kier molecular flexibility index (Phi) is 1.90. The molecule has 1 spiro atoms. The number of hydrogen-bond acceptors (Lipinski definition) is 2. The number of rotatable bonds is 0. The molecule has 1 aliphatic carbocycles. The van der Waals surface area contributed by atoms with Gasteiger partial charge in [0, 0.05) is 19.4 Å². The molecule has 2 unspecified atom stereocenters. The Balaban J connectivity index is 2.22. The lowest BCUT2D eigenvalue weighted by Gasteiger charge is -2.36. The molecule has 0 bridgehead atoms. The fourth-order valence-corrected chi connectivity index (χ4v) is 2.65. The molecule has 3 heteroatoms. The van der Waals surface area contributed by atoms with Crippen LogP contribution in [0.1, 0.15) is 32.6 Å². The van der Waals surface area contributed by atoms with Crippen LogP contribution < -0.4 is 5.32 Å². The fraction of sp³-hybridized carbons (Fsp3) is 0.800. The standard InChI is InChI=1S/C10H15NO2/c1-7-6-8(12)2-3-10(7)4-5-11-9(10)13/h7H,2-6H2,1H3,(H,11,13). The minimum Gasteiger partial charge on any atom is -0.356 e. The minimum atomic E-state index is -0.200. The van der Waals surface area contributed by atoms with Crippen LogP contribution in [0.5, 0.6) is 0 Å². The van der Waals surface area contributed by atoms with Crippen LogP contribution in [-0.2, 0) is 9.59 Å². The van der Waals surface area contributed by atoms with Gasteiger partial charge in [0.25, 0.3) is 0 Å². The van der Waals surface area contributed by atoms with Crippen molar-refractivity contribution in [3.8, 4) is 0 Å². The van der Waals surface area contributed by atoms with Gasteiger partial charge in [0.2, 0.25) is 5.91 Å². The lowest BCUT2D eigenvalue weighted by atomic mass is 9.66. The van der Waals surface area contributed by atoms with Crippen LogP contribution in [0, 0.1) is 11.3 Å². The van der Waals surface area contributed by atoms with Gasteiger partial charge >= 0.3 is 0 Å². The zero-order valence-electron chi connectivity index (χ0n) is 7.93. The molecule has 0 aromatic rings. The van der Waals surface area contributed by atoms with Gasteiger partial charge in [-0.25, -0.2) is 0 Å². The van der Waals surface area contributed by atoms with Crippen molar-refractivity contribution in [2.75, 3.05) is 6.54 Å². The van der Waals surface area contributed by atoms with Crippen molar-refractivity contribution in [3.05, 3.63) is 0 Å². The Labute approximate surface area is 77.9 Å². The van der Waals surface area contributed by atoms with Crippen molar-refractivity contribution in [2.24, 2.45) is 11.3 Å². The summed E-state index contributed by atoms with van der Waals surface area (Å²) in [5.41, 5.74) is -0.200. The SMILES string of the molecule is CC1CC(=O)CCC12CCNC2=O. The summed E-state index contributed by atoms with van der Waals surface area (Å²) in [6.07, 6.45) is 2.87. The fourth-order valence-electron chi connectivity index (χ4n) is 2.65. The smallest absolute Gasteiger partial charge is 0.226 e. The molecule has 1 saturated carbocycles. The summed E-state index contributed by atoms with van der Waals surface area (Å²) in [6.45, 7) is 2.82. The summed E-state index contributed by atoms with van der Waals surface area (Å²) in [5.74, 6) is 0.724. The Bertz CT molecular complexity index is 262. The van der Waals surface area contributed by atoms with E-state index < -0.39 is 0 Å². The molecule has 1 saturated heterocycles. The first-order chi connectivity index (χ1) is 6.15. The number of hydrogen-bond donors (Lipinski definition) is 1. The molecule has 13 heavy (non-hydrogen) atoms. The first kappa shape index (κ1) is 8.73. The van der Waals surface area contributed by atoms with Crippen LogP contribution in [0.15, 0.2) is 0 Å². The first-order valence-electron chi connectivity index (χ1n) is 4.95. The molecule has 1 amide bonds. The van der Waals surface area contributed by atoms with Gasteiger partial charge in [-0.1, -0.05) is 6.92 Å². The molecule has 2 atom stereocenters. The highest BCUT2D eigenvalue weighted by Gasteiger charge is 2.49. The lowest BCUT2D eigenvalue weighted by molar-refractivity contribution is -0.136. The van der Waals surface area contributed by atoms with Crippen molar-refractivity contribution in [1.29, 1.82) is 0 Å². The van der Waals surface area contributed by atoms with E-state index in [-0.39, 0.29) is 17.2 Å². The molecular weight excluding hydrogens is 166 g/mol. The normalized spacial score (nSPS) is 39.6. The quantitative estimate of drug-likeness (QED) is 0.603. The van der Waals surface area contributed by atoms with Crippen molar-refractivity contribution in [2.45, 2.75) is 32.6 Å². The monoisotopic (exact) mass is 181 g/mol. The van der Waals surface area contributed by atoms with E-state index >= 15 is 0 Å². The molecule has 2 fully saturated rings. The third kappa shape index (κ3) is 1.18. The average Bonchev–Trinajstić information content (AvgIpc) is 2.43. The summed E-state index contributed by atoms with van der Waals surface area (Å²) < 4.78 is 0. The van der Waals surface area contributed by atoms with E-state index in [2.05, 4.69) is 5.32 Å². The minimum absolute atomic E-state index is 0.174. The van der Waals surface area contributed by atoms with Crippen LogP contribution in [0.25, 0.3) is 0 Å². The molecule has 1 aliphatic heterocycles. The van der Waals surface area contributed by atoms with E-state index in [1.165, 1.54) is 0 Å². The second-order valence-corrected chi connectivity index (χ2v) is 4.31. The third-order valence-corrected chi connectivity index (χ3v) is 3.64. The Morgan fingerprint density at radius 2 is 2.15 bits per heavy atom. The predicted molar refractivity (Wildman–Crippen MR) is 48.1 cm³/mol. The maximum Gasteiger partial charge on any atom is 0.226 e. The number of ketones is 1. The molecule has 1 N–H and O–H groups in total. The predicted octanol–water partition coefficient (Wildman–Crippen LogP) is 0.882. The number of carbonyl (C=O) groups excluding carboxylic acids is 2. The highest BCUT2D eigenvalue weighted by Crippen LogP contribution is 2.44. The molecule has 2 rings (SSSR count). The third-order valence-electron chi connectivity index (χ3n) is 3.64. The largest absolute Gasteiger partial charge is 0.356 e.